The molecule has 26 heavy (non-hydrogen) atoms. The Morgan fingerprint density at radius 3 is 2.35 bits per heavy atom. The third-order valence-electron chi connectivity index (χ3n) is 3.66. The minimum atomic E-state index is -4.37. The van der Waals surface area contributed by atoms with Crippen LogP contribution >= 0.6 is 0 Å². The summed E-state index contributed by atoms with van der Waals surface area (Å²) in [4.78, 5) is 12.4. The smallest absolute Gasteiger partial charge is 0.294 e. The highest BCUT2D eigenvalue weighted by molar-refractivity contribution is 5.98. The van der Waals surface area contributed by atoms with Gasteiger partial charge in [-0.05, 0) is 43.7 Å². The number of Topliss-reactive ketones (excluding diaryl/α,β-unsaturated/α-hetero) is 1. The summed E-state index contributed by atoms with van der Waals surface area (Å²) in [6.07, 6.45) is -2.64. The standard InChI is InChI=1S/C22H17F3O/c1-2-3-4-5-10-21(26)20-9-7-6-8-18(20)14-11-17-12-15-19(16-13-17)22(23,24)25/h6-9,12-13,15-16H,4-5,10H2,1H3. The van der Waals surface area contributed by atoms with Crippen LogP contribution in [0.15, 0.2) is 48.5 Å². The van der Waals surface area contributed by atoms with Gasteiger partial charge in [0.05, 0.1) is 5.56 Å². The van der Waals surface area contributed by atoms with E-state index < -0.39 is 11.7 Å². The Kier molecular flexibility index (Phi) is 6.64. The van der Waals surface area contributed by atoms with Crippen molar-refractivity contribution in [2.24, 2.45) is 0 Å². The zero-order chi connectivity index (χ0) is 19.0. The number of hydrogen-bond acceptors (Lipinski definition) is 1. The molecule has 0 spiro atoms. The Morgan fingerprint density at radius 1 is 1.00 bits per heavy atom. The van der Waals surface area contributed by atoms with Crippen LogP contribution in [0.25, 0.3) is 0 Å². The van der Waals surface area contributed by atoms with Crippen molar-refractivity contribution in [3.8, 4) is 23.7 Å². The fourth-order valence-electron chi connectivity index (χ4n) is 2.31. The van der Waals surface area contributed by atoms with Crippen LogP contribution in [0.4, 0.5) is 13.2 Å². The third kappa shape index (κ3) is 5.53. The van der Waals surface area contributed by atoms with E-state index in [0.717, 1.165) is 12.1 Å². The van der Waals surface area contributed by atoms with Crippen LogP contribution in [-0.2, 0) is 6.18 Å². The second kappa shape index (κ2) is 8.92. The lowest BCUT2D eigenvalue weighted by atomic mass is 10.00. The molecule has 2 rings (SSSR count). The van der Waals surface area contributed by atoms with Crippen molar-refractivity contribution in [1.82, 2.24) is 0 Å². The van der Waals surface area contributed by atoms with Crippen molar-refractivity contribution in [3.63, 3.8) is 0 Å². The van der Waals surface area contributed by atoms with Gasteiger partial charge >= 0.3 is 6.18 Å². The molecule has 0 unspecified atom stereocenters. The molecular formula is C22H17F3O. The molecule has 4 heteroatoms. The van der Waals surface area contributed by atoms with E-state index in [1.54, 1.807) is 31.2 Å². The lowest BCUT2D eigenvalue weighted by molar-refractivity contribution is -0.137. The molecule has 1 nitrogen and oxygen atoms in total. The predicted octanol–water partition coefficient (Wildman–Crippen LogP) is 5.48. The fourth-order valence-corrected chi connectivity index (χ4v) is 2.31. The second-order valence-corrected chi connectivity index (χ2v) is 5.57. The zero-order valence-electron chi connectivity index (χ0n) is 14.3. The summed E-state index contributed by atoms with van der Waals surface area (Å²) in [5.74, 6) is 11.4. The molecule has 0 amide bonds. The van der Waals surface area contributed by atoms with Crippen LogP contribution in [0.1, 0.15) is 53.2 Å². The monoisotopic (exact) mass is 354 g/mol. The highest BCUT2D eigenvalue weighted by Crippen LogP contribution is 2.28. The average molecular weight is 354 g/mol. The van der Waals surface area contributed by atoms with E-state index in [2.05, 4.69) is 23.7 Å². The molecule has 2 aromatic carbocycles. The topological polar surface area (TPSA) is 17.1 Å². The number of unbranched alkanes of at least 4 members (excludes halogenated alkanes) is 1. The molecule has 0 N–H and O–H groups in total. The Hall–Kier alpha value is -2.98. The molecule has 0 fully saturated rings. The van der Waals surface area contributed by atoms with E-state index in [9.17, 15) is 18.0 Å². The van der Waals surface area contributed by atoms with Crippen molar-refractivity contribution in [3.05, 3.63) is 70.8 Å². The second-order valence-electron chi connectivity index (χ2n) is 5.57. The number of halogens is 3. The van der Waals surface area contributed by atoms with E-state index in [1.807, 2.05) is 0 Å². The van der Waals surface area contributed by atoms with Gasteiger partial charge in [-0.25, -0.2) is 0 Å². The molecule has 0 aliphatic carbocycles. The Morgan fingerprint density at radius 2 is 1.69 bits per heavy atom. The Balaban J connectivity index is 2.17. The van der Waals surface area contributed by atoms with Crippen LogP contribution in [0.3, 0.4) is 0 Å². The van der Waals surface area contributed by atoms with Gasteiger partial charge in [-0.2, -0.15) is 13.2 Å². The van der Waals surface area contributed by atoms with Crippen LogP contribution in [0.2, 0.25) is 0 Å². The Labute approximate surface area is 151 Å². The molecule has 0 saturated heterocycles. The average Bonchev–Trinajstić information content (AvgIpc) is 2.63. The van der Waals surface area contributed by atoms with Gasteiger partial charge in [0.1, 0.15) is 0 Å². The molecule has 132 valence electrons. The summed E-state index contributed by atoms with van der Waals surface area (Å²) in [5.41, 5.74) is 0.836. The molecule has 0 heterocycles. The van der Waals surface area contributed by atoms with Crippen LogP contribution in [0, 0.1) is 23.7 Å². The Bertz CT molecular complexity index is 885. The molecule has 0 aromatic heterocycles. The quantitative estimate of drug-likeness (QED) is 0.404. The summed E-state index contributed by atoms with van der Waals surface area (Å²) in [6.45, 7) is 1.76. The summed E-state index contributed by atoms with van der Waals surface area (Å²) in [6, 6.07) is 11.6. The van der Waals surface area contributed by atoms with Crippen molar-refractivity contribution in [1.29, 1.82) is 0 Å². The SMILES string of the molecule is CC#CCCCC(=O)c1ccccc1C#Cc1ccc(C(F)(F)F)cc1. The molecule has 0 atom stereocenters. The molecule has 0 bridgehead atoms. The number of carbonyl (C=O) groups excluding carboxylic acids is 1. The molecule has 2 aromatic rings. The lowest BCUT2D eigenvalue weighted by Crippen LogP contribution is -2.04. The molecular weight excluding hydrogens is 337 g/mol. The third-order valence-corrected chi connectivity index (χ3v) is 3.66. The van der Waals surface area contributed by atoms with Gasteiger partial charge < -0.3 is 0 Å². The first-order valence-corrected chi connectivity index (χ1v) is 8.13. The summed E-state index contributed by atoms with van der Waals surface area (Å²) in [7, 11) is 0. The van der Waals surface area contributed by atoms with E-state index >= 15 is 0 Å². The molecule has 0 saturated carbocycles. The number of ketones is 1. The largest absolute Gasteiger partial charge is 0.416 e. The predicted molar refractivity (Wildman–Crippen MR) is 95.5 cm³/mol. The number of rotatable bonds is 4. The van der Waals surface area contributed by atoms with E-state index in [-0.39, 0.29) is 5.78 Å². The van der Waals surface area contributed by atoms with Gasteiger partial charge in [-0.1, -0.05) is 30.0 Å². The first-order chi connectivity index (χ1) is 12.4. The van der Waals surface area contributed by atoms with Crippen LogP contribution < -0.4 is 0 Å². The van der Waals surface area contributed by atoms with Crippen LogP contribution in [0.5, 0.6) is 0 Å². The maximum atomic E-state index is 12.6. The molecule has 0 aliphatic rings. The van der Waals surface area contributed by atoms with Crippen molar-refractivity contribution in [2.45, 2.75) is 32.4 Å². The highest BCUT2D eigenvalue weighted by atomic mass is 19.4. The van der Waals surface area contributed by atoms with Crippen LogP contribution in [-0.4, -0.2) is 5.78 Å². The lowest BCUT2D eigenvalue weighted by Gasteiger charge is -2.05. The van der Waals surface area contributed by atoms with E-state index in [4.69, 9.17) is 0 Å². The normalized spacial score (nSPS) is 10.3. The van der Waals surface area contributed by atoms with Crippen molar-refractivity contribution < 1.29 is 18.0 Å². The minimum absolute atomic E-state index is 0.0137. The maximum absolute atomic E-state index is 12.6. The van der Waals surface area contributed by atoms with Gasteiger partial charge in [0.25, 0.3) is 0 Å². The first kappa shape index (κ1) is 19.3. The number of hydrogen-bond donors (Lipinski definition) is 0. The van der Waals surface area contributed by atoms with E-state index in [0.29, 0.717) is 36.0 Å². The van der Waals surface area contributed by atoms with Gasteiger partial charge in [0, 0.05) is 29.5 Å². The number of benzene rings is 2. The summed E-state index contributed by atoms with van der Waals surface area (Å²) in [5, 5.41) is 0. The fraction of sp³-hybridized carbons (Fsp3) is 0.227. The maximum Gasteiger partial charge on any atom is 0.416 e. The number of alkyl halides is 3. The first-order valence-electron chi connectivity index (χ1n) is 8.13. The molecule has 0 radical (unpaired) electrons. The molecule has 0 aliphatic heterocycles. The highest BCUT2D eigenvalue weighted by Gasteiger charge is 2.29. The summed E-state index contributed by atoms with van der Waals surface area (Å²) >= 11 is 0. The van der Waals surface area contributed by atoms with E-state index in [1.165, 1.54) is 12.1 Å². The van der Waals surface area contributed by atoms with Gasteiger partial charge in [0.15, 0.2) is 5.78 Å². The minimum Gasteiger partial charge on any atom is -0.294 e. The van der Waals surface area contributed by atoms with Gasteiger partial charge in [-0.3, -0.25) is 4.79 Å². The van der Waals surface area contributed by atoms with Crippen molar-refractivity contribution >= 4 is 5.78 Å². The summed E-state index contributed by atoms with van der Waals surface area (Å²) < 4.78 is 37.7. The number of carbonyl (C=O) groups is 1. The van der Waals surface area contributed by atoms with Crippen molar-refractivity contribution in [2.75, 3.05) is 0 Å². The van der Waals surface area contributed by atoms with Gasteiger partial charge in [-0.15, -0.1) is 11.8 Å². The van der Waals surface area contributed by atoms with Gasteiger partial charge in [0.2, 0.25) is 0 Å². The zero-order valence-corrected chi connectivity index (χ0v) is 14.3.